The van der Waals surface area contributed by atoms with Gasteiger partial charge < -0.3 is 20.1 Å². The lowest BCUT2D eigenvalue weighted by Gasteiger charge is -2.26. The van der Waals surface area contributed by atoms with Crippen LogP contribution in [-0.4, -0.2) is 52.1 Å². The predicted molar refractivity (Wildman–Crippen MR) is 117 cm³/mol. The highest BCUT2D eigenvalue weighted by molar-refractivity contribution is 6.00. The second kappa shape index (κ2) is 9.18. The first kappa shape index (κ1) is 21.4. The maximum atomic E-state index is 13.3. The zero-order chi connectivity index (χ0) is 22.8. The van der Waals surface area contributed by atoms with Crippen LogP contribution in [0, 0.1) is 17.7 Å². The van der Waals surface area contributed by atoms with Gasteiger partial charge in [0, 0.05) is 30.6 Å². The average Bonchev–Trinajstić information content (AvgIpc) is 3.09. The molecular formula is C22H24FN7O3. The smallest absolute Gasteiger partial charge is 0.275 e. The van der Waals surface area contributed by atoms with E-state index in [0.29, 0.717) is 37.9 Å². The SMILES string of the molecule is O=C1C(N=Nc2nc(Nc3ccc(F)cc3)nc(N3CCOCC3)n2)=C(O)C2CCCCC12. The Balaban J connectivity index is 1.44. The fourth-order valence-corrected chi connectivity index (χ4v) is 4.47. The number of nitrogens with one attached hydrogen (secondary N) is 1. The number of hydrogen-bond donors (Lipinski definition) is 2. The molecule has 1 saturated carbocycles. The number of azo groups is 1. The number of ether oxygens (including phenoxy) is 1. The third kappa shape index (κ3) is 4.54. The summed E-state index contributed by atoms with van der Waals surface area (Å²) in [5, 5.41) is 21.7. The average molecular weight is 453 g/mol. The van der Waals surface area contributed by atoms with Gasteiger partial charge in [-0.05, 0) is 37.1 Å². The number of allylic oxidation sites excluding steroid dienone is 2. The molecule has 1 aromatic heterocycles. The van der Waals surface area contributed by atoms with E-state index in [-0.39, 0.29) is 46.8 Å². The van der Waals surface area contributed by atoms with E-state index >= 15 is 0 Å². The molecule has 0 amide bonds. The highest BCUT2D eigenvalue weighted by atomic mass is 19.1. The molecule has 2 aromatic rings. The maximum absolute atomic E-state index is 13.3. The summed E-state index contributed by atoms with van der Waals surface area (Å²) < 4.78 is 18.6. The number of fused-ring (bicyclic) bond motifs is 1. The second-order valence-corrected chi connectivity index (χ2v) is 8.29. The van der Waals surface area contributed by atoms with Crippen molar-refractivity contribution in [3.63, 3.8) is 0 Å². The molecule has 33 heavy (non-hydrogen) atoms. The number of nitrogens with zero attached hydrogens (tertiary/aromatic N) is 6. The summed E-state index contributed by atoms with van der Waals surface area (Å²) in [5.74, 6) is -0.306. The third-order valence-corrected chi connectivity index (χ3v) is 6.18. The number of hydrogen-bond acceptors (Lipinski definition) is 10. The van der Waals surface area contributed by atoms with Crippen LogP contribution >= 0.6 is 0 Å². The zero-order valence-corrected chi connectivity index (χ0v) is 17.9. The van der Waals surface area contributed by atoms with Crippen molar-refractivity contribution in [3.8, 4) is 0 Å². The molecule has 1 aromatic carbocycles. The standard InChI is InChI=1S/C22H24FN7O3/c23-13-5-7-14(8-6-13)24-20-25-21(27-22(26-20)30-9-11-33-12-10-30)29-28-17-18(31)15-3-1-2-4-16(15)19(17)32/h5-8,15-16,31H,1-4,9-12H2,(H,24,25,26,27). The Kier molecular flexibility index (Phi) is 5.95. The van der Waals surface area contributed by atoms with E-state index in [1.165, 1.54) is 12.1 Å². The van der Waals surface area contributed by atoms with Gasteiger partial charge in [-0.3, -0.25) is 4.79 Å². The van der Waals surface area contributed by atoms with Crippen LogP contribution in [0.1, 0.15) is 25.7 Å². The number of carbonyl (C=O) groups is 1. The minimum absolute atomic E-state index is 0.000856. The van der Waals surface area contributed by atoms with Crippen molar-refractivity contribution in [1.29, 1.82) is 0 Å². The van der Waals surface area contributed by atoms with Gasteiger partial charge in [0.15, 0.2) is 11.5 Å². The largest absolute Gasteiger partial charge is 0.510 e. The number of halogens is 1. The van der Waals surface area contributed by atoms with Gasteiger partial charge in [-0.15, -0.1) is 10.2 Å². The lowest BCUT2D eigenvalue weighted by molar-refractivity contribution is -0.120. The number of rotatable bonds is 5. The molecule has 5 rings (SSSR count). The van der Waals surface area contributed by atoms with Crippen LogP contribution in [0.5, 0.6) is 0 Å². The van der Waals surface area contributed by atoms with Crippen molar-refractivity contribution in [2.75, 3.05) is 36.5 Å². The topological polar surface area (TPSA) is 125 Å². The summed E-state index contributed by atoms with van der Waals surface area (Å²) in [7, 11) is 0. The Morgan fingerprint density at radius 2 is 1.76 bits per heavy atom. The lowest BCUT2D eigenvalue weighted by atomic mass is 9.80. The Morgan fingerprint density at radius 3 is 2.48 bits per heavy atom. The predicted octanol–water partition coefficient (Wildman–Crippen LogP) is 3.83. The third-order valence-electron chi connectivity index (χ3n) is 6.18. The lowest BCUT2D eigenvalue weighted by Crippen LogP contribution is -2.37. The highest BCUT2D eigenvalue weighted by Gasteiger charge is 2.43. The van der Waals surface area contributed by atoms with E-state index in [9.17, 15) is 14.3 Å². The summed E-state index contributed by atoms with van der Waals surface area (Å²) in [6, 6.07) is 5.79. The zero-order valence-electron chi connectivity index (χ0n) is 17.9. The second-order valence-electron chi connectivity index (χ2n) is 8.29. The first-order valence-corrected chi connectivity index (χ1v) is 11.1. The first-order valence-electron chi connectivity index (χ1n) is 11.1. The van der Waals surface area contributed by atoms with Crippen molar-refractivity contribution in [2.24, 2.45) is 22.1 Å². The first-order chi connectivity index (χ1) is 16.1. The Labute approximate surface area is 189 Å². The van der Waals surface area contributed by atoms with Crippen molar-refractivity contribution >= 4 is 29.3 Å². The minimum Gasteiger partial charge on any atom is -0.510 e. The Morgan fingerprint density at radius 1 is 1.03 bits per heavy atom. The number of benzene rings is 1. The Bertz CT molecular complexity index is 1100. The molecule has 3 aliphatic rings. The molecular weight excluding hydrogens is 429 g/mol. The molecule has 2 aliphatic carbocycles. The van der Waals surface area contributed by atoms with E-state index in [4.69, 9.17) is 4.74 Å². The van der Waals surface area contributed by atoms with E-state index in [0.717, 1.165) is 25.7 Å². The normalized spacial score (nSPS) is 23.3. The van der Waals surface area contributed by atoms with Gasteiger partial charge in [0.2, 0.25) is 11.9 Å². The van der Waals surface area contributed by atoms with Gasteiger partial charge in [-0.1, -0.05) is 12.8 Å². The van der Waals surface area contributed by atoms with Crippen LogP contribution in [0.2, 0.25) is 0 Å². The summed E-state index contributed by atoms with van der Waals surface area (Å²) in [5.41, 5.74) is 0.585. The van der Waals surface area contributed by atoms with Gasteiger partial charge in [0.1, 0.15) is 11.6 Å². The van der Waals surface area contributed by atoms with Gasteiger partial charge >= 0.3 is 0 Å². The Hall–Kier alpha value is -3.47. The van der Waals surface area contributed by atoms with Crippen molar-refractivity contribution in [2.45, 2.75) is 25.7 Å². The maximum Gasteiger partial charge on any atom is 0.275 e. The van der Waals surface area contributed by atoms with Crippen LogP contribution in [0.25, 0.3) is 0 Å². The molecule has 0 radical (unpaired) electrons. The number of anilines is 3. The van der Waals surface area contributed by atoms with Crippen LogP contribution in [0.3, 0.4) is 0 Å². The molecule has 11 heteroatoms. The van der Waals surface area contributed by atoms with Gasteiger partial charge in [0.05, 0.1) is 13.2 Å². The highest BCUT2D eigenvalue weighted by Crippen LogP contribution is 2.43. The molecule has 172 valence electrons. The molecule has 0 bridgehead atoms. The molecule has 2 heterocycles. The number of ketones is 1. The number of aliphatic hydroxyl groups is 1. The molecule has 1 saturated heterocycles. The summed E-state index contributed by atoms with van der Waals surface area (Å²) in [6.45, 7) is 2.29. The van der Waals surface area contributed by atoms with E-state index < -0.39 is 0 Å². The van der Waals surface area contributed by atoms with Crippen LogP contribution in [-0.2, 0) is 9.53 Å². The van der Waals surface area contributed by atoms with Crippen LogP contribution in [0.15, 0.2) is 46.0 Å². The monoisotopic (exact) mass is 453 g/mol. The number of aromatic nitrogens is 3. The summed E-state index contributed by atoms with van der Waals surface area (Å²) >= 11 is 0. The fourth-order valence-electron chi connectivity index (χ4n) is 4.47. The molecule has 1 aliphatic heterocycles. The molecule has 2 N–H and O–H groups in total. The molecule has 0 spiro atoms. The molecule has 2 unspecified atom stereocenters. The molecule has 2 fully saturated rings. The number of Topliss-reactive ketones (excluding diaryl/α,β-unsaturated/α-hetero) is 1. The van der Waals surface area contributed by atoms with E-state index in [2.05, 4.69) is 30.5 Å². The summed E-state index contributed by atoms with van der Waals surface area (Å²) in [6.07, 6.45) is 3.49. The summed E-state index contributed by atoms with van der Waals surface area (Å²) in [4.78, 5) is 27.8. The van der Waals surface area contributed by atoms with Gasteiger partial charge in [0.25, 0.3) is 5.95 Å². The van der Waals surface area contributed by atoms with Crippen LogP contribution in [0.4, 0.5) is 27.9 Å². The quantitative estimate of drug-likeness (QED) is 0.655. The van der Waals surface area contributed by atoms with Crippen LogP contribution < -0.4 is 10.2 Å². The van der Waals surface area contributed by atoms with Crippen molar-refractivity contribution in [1.82, 2.24) is 15.0 Å². The number of carbonyl (C=O) groups excluding carboxylic acids is 1. The van der Waals surface area contributed by atoms with E-state index in [1.807, 2.05) is 4.90 Å². The number of aliphatic hydroxyl groups excluding tert-OH is 1. The van der Waals surface area contributed by atoms with Crippen molar-refractivity contribution < 1.29 is 19.0 Å². The van der Waals surface area contributed by atoms with Crippen molar-refractivity contribution in [3.05, 3.63) is 41.5 Å². The van der Waals surface area contributed by atoms with Gasteiger partial charge in [-0.2, -0.15) is 15.0 Å². The van der Waals surface area contributed by atoms with E-state index in [1.54, 1.807) is 12.1 Å². The molecule has 10 nitrogen and oxygen atoms in total. The fraction of sp³-hybridized carbons (Fsp3) is 0.455. The molecule has 2 atom stereocenters. The number of morpholine rings is 1. The van der Waals surface area contributed by atoms with Gasteiger partial charge in [-0.25, -0.2) is 4.39 Å². The minimum atomic E-state index is -0.352.